The zero-order valence-corrected chi connectivity index (χ0v) is 10.8. The van der Waals surface area contributed by atoms with Gasteiger partial charge in [-0.15, -0.1) is 0 Å². The molecule has 0 aliphatic carbocycles. The van der Waals surface area contributed by atoms with Crippen molar-refractivity contribution in [3.8, 4) is 5.75 Å². The Morgan fingerprint density at radius 3 is 2.00 bits per heavy atom. The van der Waals surface area contributed by atoms with Gasteiger partial charge in [0.1, 0.15) is 5.75 Å². The fourth-order valence-electron chi connectivity index (χ4n) is 2.17. The Kier molecular flexibility index (Phi) is 3.49. The molecule has 0 unspecified atom stereocenters. The van der Waals surface area contributed by atoms with E-state index in [-0.39, 0.29) is 6.29 Å². The zero-order valence-electron chi connectivity index (χ0n) is 10.8. The molecule has 0 radical (unpaired) electrons. The molecular weight excluding hydrogens is 240 g/mol. The minimum atomic E-state index is -0.321. The summed E-state index contributed by atoms with van der Waals surface area (Å²) in [5.41, 5.74) is 3.39. The maximum Gasteiger partial charge on any atom is 0.184 e. The lowest BCUT2D eigenvalue weighted by Crippen LogP contribution is -2.05. The molecule has 0 aromatic heterocycles. The lowest BCUT2D eigenvalue weighted by Gasteiger charge is -2.15. The van der Waals surface area contributed by atoms with Crippen LogP contribution in [-0.4, -0.2) is 7.11 Å². The van der Waals surface area contributed by atoms with Crippen LogP contribution < -0.4 is 4.74 Å². The summed E-state index contributed by atoms with van der Waals surface area (Å²) < 4.78 is 16.8. The third kappa shape index (κ3) is 2.62. The van der Waals surface area contributed by atoms with Crippen LogP contribution in [0.2, 0.25) is 0 Å². The predicted molar refractivity (Wildman–Crippen MR) is 71.8 cm³/mol. The average Bonchev–Trinajstić information content (AvgIpc) is 2.70. The van der Waals surface area contributed by atoms with E-state index >= 15 is 0 Å². The first-order valence-electron chi connectivity index (χ1n) is 6.31. The molecule has 3 nitrogen and oxygen atoms in total. The molecule has 0 saturated carbocycles. The van der Waals surface area contributed by atoms with E-state index in [2.05, 4.69) is 12.1 Å². The minimum absolute atomic E-state index is 0.321. The van der Waals surface area contributed by atoms with Crippen LogP contribution in [0.4, 0.5) is 0 Å². The van der Waals surface area contributed by atoms with E-state index < -0.39 is 0 Å². The third-order valence-corrected chi connectivity index (χ3v) is 3.29. The zero-order chi connectivity index (χ0) is 13.1. The van der Waals surface area contributed by atoms with Crippen LogP contribution in [0, 0.1) is 0 Å². The molecule has 3 rings (SSSR count). The first-order valence-corrected chi connectivity index (χ1v) is 6.31. The average molecular weight is 256 g/mol. The molecule has 0 atom stereocenters. The Labute approximate surface area is 112 Å². The van der Waals surface area contributed by atoms with Gasteiger partial charge >= 0.3 is 0 Å². The number of hydrogen-bond donors (Lipinski definition) is 0. The first-order chi connectivity index (χ1) is 9.36. The number of methoxy groups -OCH3 is 1. The Morgan fingerprint density at radius 1 is 0.895 bits per heavy atom. The minimum Gasteiger partial charge on any atom is -0.497 e. The molecule has 1 aliphatic rings. The van der Waals surface area contributed by atoms with Crippen molar-refractivity contribution in [2.24, 2.45) is 0 Å². The second-order valence-electron chi connectivity index (χ2n) is 4.50. The van der Waals surface area contributed by atoms with E-state index in [0.29, 0.717) is 13.2 Å². The van der Waals surface area contributed by atoms with Crippen LogP contribution in [0.3, 0.4) is 0 Å². The highest BCUT2D eigenvalue weighted by Crippen LogP contribution is 2.28. The lowest BCUT2D eigenvalue weighted by molar-refractivity contribution is -0.153. The first kappa shape index (κ1) is 12.2. The number of fused-ring (bicyclic) bond motifs is 1. The van der Waals surface area contributed by atoms with Crippen LogP contribution in [0.1, 0.15) is 23.0 Å². The molecule has 1 heterocycles. The molecule has 3 heteroatoms. The molecular formula is C16H16O3. The van der Waals surface area contributed by atoms with E-state index in [1.165, 1.54) is 11.1 Å². The summed E-state index contributed by atoms with van der Waals surface area (Å²) in [6.07, 6.45) is -0.321. The van der Waals surface area contributed by atoms with Gasteiger partial charge in [-0.3, -0.25) is 0 Å². The fourth-order valence-corrected chi connectivity index (χ4v) is 2.17. The van der Waals surface area contributed by atoms with Gasteiger partial charge in [-0.1, -0.05) is 36.4 Å². The van der Waals surface area contributed by atoms with Crippen molar-refractivity contribution >= 4 is 0 Å². The van der Waals surface area contributed by atoms with E-state index in [1.807, 2.05) is 36.4 Å². The molecule has 98 valence electrons. The standard InChI is InChI=1S/C16H16O3/c1-17-15-8-6-12(7-9-15)16-18-10-13-4-2-3-5-14(13)11-19-16/h2-9,16H,10-11H2,1H3. The molecule has 1 aliphatic heterocycles. The third-order valence-electron chi connectivity index (χ3n) is 3.29. The van der Waals surface area contributed by atoms with Crippen LogP contribution in [0.15, 0.2) is 48.5 Å². The Morgan fingerprint density at radius 2 is 1.47 bits per heavy atom. The quantitative estimate of drug-likeness (QED) is 0.823. The summed E-state index contributed by atoms with van der Waals surface area (Å²) >= 11 is 0. The summed E-state index contributed by atoms with van der Waals surface area (Å²) in [4.78, 5) is 0. The molecule has 0 spiro atoms. The van der Waals surface area contributed by atoms with E-state index in [0.717, 1.165) is 11.3 Å². The van der Waals surface area contributed by atoms with Gasteiger partial charge in [0.25, 0.3) is 0 Å². The predicted octanol–water partition coefficient (Wildman–Crippen LogP) is 3.44. The van der Waals surface area contributed by atoms with Crippen LogP contribution in [-0.2, 0) is 22.7 Å². The summed E-state index contributed by atoms with van der Waals surface area (Å²) in [5, 5.41) is 0. The van der Waals surface area contributed by atoms with Crippen LogP contribution in [0.5, 0.6) is 5.75 Å². The molecule has 2 aromatic carbocycles. The molecule has 0 fully saturated rings. The summed E-state index contributed by atoms with van der Waals surface area (Å²) in [6.45, 7) is 1.15. The molecule has 0 N–H and O–H groups in total. The second kappa shape index (κ2) is 5.43. The van der Waals surface area contributed by atoms with Gasteiger partial charge < -0.3 is 14.2 Å². The number of rotatable bonds is 2. The van der Waals surface area contributed by atoms with Gasteiger partial charge in [0.2, 0.25) is 0 Å². The van der Waals surface area contributed by atoms with Gasteiger partial charge in [0.05, 0.1) is 20.3 Å². The molecule has 2 aromatic rings. The van der Waals surface area contributed by atoms with E-state index in [4.69, 9.17) is 14.2 Å². The Balaban J connectivity index is 1.77. The van der Waals surface area contributed by atoms with Crippen LogP contribution >= 0.6 is 0 Å². The molecule has 0 bridgehead atoms. The van der Waals surface area contributed by atoms with E-state index in [9.17, 15) is 0 Å². The fraction of sp³-hybridized carbons (Fsp3) is 0.250. The van der Waals surface area contributed by atoms with Gasteiger partial charge in [-0.05, 0) is 23.3 Å². The number of hydrogen-bond acceptors (Lipinski definition) is 3. The van der Waals surface area contributed by atoms with Crippen molar-refractivity contribution in [1.29, 1.82) is 0 Å². The van der Waals surface area contributed by atoms with Crippen molar-refractivity contribution in [1.82, 2.24) is 0 Å². The molecule has 0 amide bonds. The Hall–Kier alpha value is -1.84. The van der Waals surface area contributed by atoms with Crippen molar-refractivity contribution in [3.05, 3.63) is 65.2 Å². The monoisotopic (exact) mass is 256 g/mol. The summed E-state index contributed by atoms with van der Waals surface area (Å²) in [6, 6.07) is 16.0. The Bertz CT molecular complexity index is 521. The summed E-state index contributed by atoms with van der Waals surface area (Å²) in [5.74, 6) is 0.834. The maximum absolute atomic E-state index is 5.83. The second-order valence-corrected chi connectivity index (χ2v) is 4.50. The smallest absolute Gasteiger partial charge is 0.184 e. The molecule has 0 saturated heterocycles. The van der Waals surface area contributed by atoms with Crippen molar-refractivity contribution in [2.45, 2.75) is 19.5 Å². The van der Waals surface area contributed by atoms with Crippen LogP contribution in [0.25, 0.3) is 0 Å². The highest BCUT2D eigenvalue weighted by molar-refractivity contribution is 5.29. The lowest BCUT2D eigenvalue weighted by atomic mass is 10.1. The highest BCUT2D eigenvalue weighted by Gasteiger charge is 2.18. The normalized spacial score (nSPS) is 15.6. The van der Waals surface area contributed by atoms with Crippen molar-refractivity contribution in [3.63, 3.8) is 0 Å². The van der Waals surface area contributed by atoms with E-state index in [1.54, 1.807) is 7.11 Å². The van der Waals surface area contributed by atoms with Gasteiger partial charge in [0.15, 0.2) is 6.29 Å². The summed E-state index contributed by atoms with van der Waals surface area (Å²) in [7, 11) is 1.66. The maximum atomic E-state index is 5.83. The highest BCUT2D eigenvalue weighted by atomic mass is 16.7. The SMILES string of the molecule is COc1ccc(C2OCc3ccccc3CO2)cc1. The van der Waals surface area contributed by atoms with Crippen molar-refractivity contribution in [2.75, 3.05) is 7.11 Å². The van der Waals surface area contributed by atoms with Gasteiger partial charge in [-0.25, -0.2) is 0 Å². The number of benzene rings is 2. The van der Waals surface area contributed by atoms with Gasteiger partial charge in [-0.2, -0.15) is 0 Å². The number of ether oxygens (including phenoxy) is 3. The largest absolute Gasteiger partial charge is 0.497 e. The van der Waals surface area contributed by atoms with Crippen molar-refractivity contribution < 1.29 is 14.2 Å². The van der Waals surface area contributed by atoms with Gasteiger partial charge in [0, 0.05) is 5.56 Å². The topological polar surface area (TPSA) is 27.7 Å². The molecule has 19 heavy (non-hydrogen) atoms.